The maximum absolute atomic E-state index is 12.9. The fourth-order valence-corrected chi connectivity index (χ4v) is 7.23. The predicted octanol–water partition coefficient (Wildman–Crippen LogP) is 3.42. The maximum Gasteiger partial charge on any atom is 0.252 e. The summed E-state index contributed by atoms with van der Waals surface area (Å²) in [7, 11) is -3.41. The zero-order valence-electron chi connectivity index (χ0n) is 14.8. The third kappa shape index (κ3) is 3.12. The fraction of sp³-hybridized carbons (Fsp3) is 0.650. The third-order valence-corrected chi connectivity index (χ3v) is 8.44. The molecule has 4 fully saturated rings. The van der Waals surface area contributed by atoms with Gasteiger partial charge in [0.15, 0.2) is 9.84 Å². The molecule has 136 valence electrons. The van der Waals surface area contributed by atoms with E-state index in [1.165, 1.54) is 32.1 Å². The third-order valence-electron chi connectivity index (χ3n) is 6.46. The van der Waals surface area contributed by atoms with Gasteiger partial charge in [-0.1, -0.05) is 19.1 Å². The first-order valence-corrected chi connectivity index (χ1v) is 11.3. The number of amides is 1. The Morgan fingerprint density at radius 2 is 1.64 bits per heavy atom. The van der Waals surface area contributed by atoms with Crippen molar-refractivity contribution in [2.75, 3.05) is 5.75 Å². The molecule has 5 rings (SSSR count). The zero-order valence-corrected chi connectivity index (χ0v) is 15.6. The topological polar surface area (TPSA) is 63.2 Å². The van der Waals surface area contributed by atoms with Crippen LogP contribution in [0.2, 0.25) is 0 Å². The van der Waals surface area contributed by atoms with Gasteiger partial charge in [0.1, 0.15) is 0 Å². The number of nitrogens with one attached hydrogen (secondary N) is 1. The van der Waals surface area contributed by atoms with Gasteiger partial charge in [0.25, 0.3) is 5.91 Å². The highest BCUT2D eigenvalue weighted by Gasteiger charge is 2.48. The number of rotatable bonds is 5. The van der Waals surface area contributed by atoms with Crippen LogP contribution in [-0.2, 0) is 9.84 Å². The average molecular weight is 362 g/mol. The molecule has 0 aliphatic heterocycles. The van der Waals surface area contributed by atoms with E-state index in [0.29, 0.717) is 23.8 Å². The lowest BCUT2D eigenvalue weighted by Gasteiger charge is -2.54. The Morgan fingerprint density at radius 1 is 1.04 bits per heavy atom. The van der Waals surface area contributed by atoms with Crippen molar-refractivity contribution in [1.82, 2.24) is 5.32 Å². The SMILES string of the molecule is CCCS(=O)(=O)c1ccccc1C(=O)NC1C2CC3CC(C2)CC1C3. The summed E-state index contributed by atoms with van der Waals surface area (Å²) in [6.07, 6.45) is 6.85. The standard InChI is InChI=1S/C20H27NO3S/c1-2-7-25(23,24)18-6-4-3-5-17(18)20(22)21-19-15-9-13-8-14(11-15)12-16(19)10-13/h3-6,13-16,19H,2,7-12H2,1H3,(H,21,22). The normalized spacial score (nSPS) is 33.4. The molecule has 4 aliphatic rings. The fourth-order valence-electron chi connectivity index (χ4n) is 5.69. The van der Waals surface area contributed by atoms with Crippen LogP contribution in [0.4, 0.5) is 0 Å². The molecule has 0 saturated heterocycles. The predicted molar refractivity (Wildman–Crippen MR) is 97.1 cm³/mol. The monoisotopic (exact) mass is 361 g/mol. The van der Waals surface area contributed by atoms with E-state index in [4.69, 9.17) is 0 Å². The van der Waals surface area contributed by atoms with E-state index in [9.17, 15) is 13.2 Å². The van der Waals surface area contributed by atoms with Crippen LogP contribution < -0.4 is 5.32 Å². The van der Waals surface area contributed by atoms with Crippen LogP contribution in [0.25, 0.3) is 0 Å². The Hall–Kier alpha value is -1.36. The van der Waals surface area contributed by atoms with E-state index in [1.807, 2.05) is 6.92 Å². The van der Waals surface area contributed by atoms with Crippen LogP contribution in [0.3, 0.4) is 0 Å². The Labute approximate surface area is 150 Å². The number of sulfone groups is 1. The molecule has 1 amide bonds. The Morgan fingerprint density at radius 3 is 2.24 bits per heavy atom. The van der Waals surface area contributed by atoms with Gasteiger partial charge in [0, 0.05) is 6.04 Å². The first-order chi connectivity index (χ1) is 12.0. The highest BCUT2D eigenvalue weighted by Crippen LogP contribution is 2.53. The lowest BCUT2D eigenvalue weighted by atomic mass is 9.54. The summed E-state index contributed by atoms with van der Waals surface area (Å²) >= 11 is 0. The minimum atomic E-state index is -3.41. The maximum atomic E-state index is 12.9. The summed E-state index contributed by atoms with van der Waals surface area (Å²) in [5.74, 6) is 2.74. The van der Waals surface area contributed by atoms with Crippen LogP contribution >= 0.6 is 0 Å². The highest BCUT2D eigenvalue weighted by molar-refractivity contribution is 7.91. The second-order valence-corrected chi connectivity index (χ2v) is 10.3. The van der Waals surface area contributed by atoms with Crippen molar-refractivity contribution in [3.8, 4) is 0 Å². The smallest absolute Gasteiger partial charge is 0.252 e. The first-order valence-electron chi connectivity index (χ1n) is 9.60. The summed E-state index contributed by atoms with van der Waals surface area (Å²) in [6.45, 7) is 1.84. The summed E-state index contributed by atoms with van der Waals surface area (Å²) in [6, 6.07) is 6.88. The number of carbonyl (C=O) groups excluding carboxylic acids is 1. The molecular weight excluding hydrogens is 334 g/mol. The molecule has 0 atom stereocenters. The van der Waals surface area contributed by atoms with Crippen molar-refractivity contribution in [3.05, 3.63) is 29.8 Å². The van der Waals surface area contributed by atoms with Crippen molar-refractivity contribution in [1.29, 1.82) is 0 Å². The molecule has 4 bridgehead atoms. The molecule has 1 aromatic rings. The van der Waals surface area contributed by atoms with E-state index >= 15 is 0 Å². The summed E-state index contributed by atoms with van der Waals surface area (Å²) in [5.41, 5.74) is 0.310. The minimum Gasteiger partial charge on any atom is -0.349 e. The van der Waals surface area contributed by atoms with Crippen molar-refractivity contribution >= 4 is 15.7 Å². The first kappa shape index (κ1) is 17.1. The molecule has 4 nitrogen and oxygen atoms in total. The van der Waals surface area contributed by atoms with Crippen LogP contribution in [0.15, 0.2) is 29.2 Å². The van der Waals surface area contributed by atoms with Gasteiger partial charge in [-0.25, -0.2) is 8.42 Å². The number of carbonyl (C=O) groups is 1. The number of benzene rings is 1. The molecule has 0 heterocycles. The van der Waals surface area contributed by atoms with Gasteiger partial charge in [-0.3, -0.25) is 4.79 Å². The molecule has 4 aliphatic carbocycles. The van der Waals surface area contributed by atoms with Crippen molar-refractivity contribution in [2.45, 2.75) is 56.4 Å². The van der Waals surface area contributed by atoms with Crippen LogP contribution in [0.1, 0.15) is 55.8 Å². The molecular formula is C20H27NO3S. The number of hydrogen-bond donors (Lipinski definition) is 1. The van der Waals surface area contributed by atoms with Gasteiger partial charge in [-0.15, -0.1) is 0 Å². The Kier molecular flexibility index (Phi) is 4.38. The zero-order chi connectivity index (χ0) is 17.6. The molecule has 5 heteroatoms. The van der Waals surface area contributed by atoms with Gasteiger partial charge < -0.3 is 5.32 Å². The van der Waals surface area contributed by atoms with Gasteiger partial charge >= 0.3 is 0 Å². The average Bonchev–Trinajstić information content (AvgIpc) is 2.57. The quantitative estimate of drug-likeness (QED) is 0.874. The lowest BCUT2D eigenvalue weighted by molar-refractivity contribution is -0.0120. The van der Waals surface area contributed by atoms with Gasteiger partial charge in [-0.05, 0) is 74.3 Å². The molecule has 0 radical (unpaired) electrons. The Bertz CT molecular complexity index is 743. The van der Waals surface area contributed by atoms with Crippen molar-refractivity contribution < 1.29 is 13.2 Å². The molecule has 0 aromatic heterocycles. The molecule has 25 heavy (non-hydrogen) atoms. The van der Waals surface area contributed by atoms with E-state index in [2.05, 4.69) is 5.32 Å². The number of hydrogen-bond acceptors (Lipinski definition) is 3. The highest BCUT2D eigenvalue weighted by atomic mass is 32.2. The Balaban J connectivity index is 1.56. The summed E-state index contributed by atoms with van der Waals surface area (Å²) < 4.78 is 25.0. The van der Waals surface area contributed by atoms with Gasteiger partial charge in [-0.2, -0.15) is 0 Å². The second kappa shape index (κ2) is 6.42. The van der Waals surface area contributed by atoms with E-state index < -0.39 is 9.84 Å². The molecule has 0 unspecified atom stereocenters. The lowest BCUT2D eigenvalue weighted by Crippen LogP contribution is -2.55. The van der Waals surface area contributed by atoms with Crippen LogP contribution in [0.5, 0.6) is 0 Å². The second-order valence-electron chi connectivity index (χ2n) is 8.24. The van der Waals surface area contributed by atoms with E-state index in [0.717, 1.165) is 11.8 Å². The van der Waals surface area contributed by atoms with Gasteiger partial charge in [0.05, 0.1) is 16.2 Å². The molecule has 1 N–H and O–H groups in total. The largest absolute Gasteiger partial charge is 0.349 e. The van der Waals surface area contributed by atoms with Crippen molar-refractivity contribution in [2.24, 2.45) is 23.7 Å². The molecule has 4 saturated carbocycles. The van der Waals surface area contributed by atoms with Crippen LogP contribution in [-0.4, -0.2) is 26.1 Å². The van der Waals surface area contributed by atoms with Crippen LogP contribution in [0, 0.1) is 23.7 Å². The molecule has 1 aromatic carbocycles. The van der Waals surface area contributed by atoms with E-state index in [-0.39, 0.29) is 22.6 Å². The minimum absolute atomic E-state index is 0.0787. The van der Waals surface area contributed by atoms with Crippen molar-refractivity contribution in [3.63, 3.8) is 0 Å². The summed E-state index contributed by atoms with van der Waals surface area (Å²) in [5, 5.41) is 3.23. The van der Waals surface area contributed by atoms with E-state index in [1.54, 1.807) is 24.3 Å². The van der Waals surface area contributed by atoms with Gasteiger partial charge in [0.2, 0.25) is 0 Å². The summed E-state index contributed by atoms with van der Waals surface area (Å²) in [4.78, 5) is 13.1. The molecule has 0 spiro atoms.